The van der Waals surface area contributed by atoms with Crippen LogP contribution in [0.25, 0.3) is 11.2 Å². The molecule has 0 spiro atoms. The monoisotopic (exact) mass is 269 g/mol. The van der Waals surface area contributed by atoms with E-state index in [9.17, 15) is 4.79 Å². The first kappa shape index (κ1) is 13.3. The Balaban J connectivity index is 2.50. The lowest BCUT2D eigenvalue weighted by molar-refractivity contribution is 0.711. The third-order valence-corrected chi connectivity index (χ3v) is 2.80. The van der Waals surface area contributed by atoms with Gasteiger partial charge in [0.2, 0.25) is 5.71 Å². The van der Waals surface area contributed by atoms with Gasteiger partial charge in [-0.3, -0.25) is 14.6 Å². The van der Waals surface area contributed by atoms with E-state index in [-0.39, 0.29) is 11.4 Å². The van der Waals surface area contributed by atoms with Crippen molar-refractivity contribution in [3.63, 3.8) is 0 Å². The number of hydrogen-bond acceptors (Lipinski definition) is 6. The van der Waals surface area contributed by atoms with Crippen molar-refractivity contribution < 1.29 is 0 Å². The summed E-state index contributed by atoms with van der Waals surface area (Å²) in [5.74, 6) is 0. The maximum atomic E-state index is 11.9. The maximum absolute atomic E-state index is 11.9. The van der Waals surface area contributed by atoms with Crippen LogP contribution >= 0.6 is 0 Å². The Labute approximate surface area is 114 Å². The van der Waals surface area contributed by atoms with Crippen molar-refractivity contribution in [2.75, 3.05) is 5.43 Å². The smallest absolute Gasteiger partial charge is 0.291 e. The number of anilines is 1. The number of fused-ring (bicyclic) bond motifs is 1. The Hall–Kier alpha value is -3.13. The summed E-state index contributed by atoms with van der Waals surface area (Å²) in [6.45, 7) is 2.38. The second-order valence-electron chi connectivity index (χ2n) is 3.95. The van der Waals surface area contributed by atoms with Crippen molar-refractivity contribution in [3.8, 4) is 12.1 Å². The molecule has 0 atom stereocenters. The molecular weight excluding hydrogens is 258 g/mol. The zero-order valence-electron chi connectivity index (χ0n) is 11.0. The van der Waals surface area contributed by atoms with Gasteiger partial charge in [0.05, 0.1) is 17.4 Å². The highest BCUT2D eigenvalue weighted by atomic mass is 16.1. The first-order valence-corrected chi connectivity index (χ1v) is 5.81. The summed E-state index contributed by atoms with van der Waals surface area (Å²) in [7, 11) is 1.65. The van der Waals surface area contributed by atoms with Crippen LogP contribution in [-0.2, 0) is 13.6 Å². The molecule has 0 aliphatic carbocycles. The van der Waals surface area contributed by atoms with Crippen molar-refractivity contribution in [2.45, 2.75) is 13.5 Å². The fraction of sp³-hybridized carbons (Fsp3) is 0.250. The standard InChI is InChI=1S/C12H11N7O/c1-3-19-10-4-8(16-17-9(5-13)6-14)7-15-11(10)18(2)12(19)20/h4,7,16H,3H2,1-2H3. The molecule has 2 heterocycles. The Morgan fingerprint density at radius 3 is 2.80 bits per heavy atom. The normalized spacial score (nSPS) is 9.80. The molecule has 0 unspecified atom stereocenters. The lowest BCUT2D eigenvalue weighted by Crippen LogP contribution is -2.21. The molecule has 0 fully saturated rings. The zero-order valence-corrected chi connectivity index (χ0v) is 11.0. The van der Waals surface area contributed by atoms with Crippen LogP contribution < -0.4 is 11.1 Å². The van der Waals surface area contributed by atoms with Crippen molar-refractivity contribution in [1.29, 1.82) is 10.5 Å². The van der Waals surface area contributed by atoms with Crippen LogP contribution in [0.3, 0.4) is 0 Å². The van der Waals surface area contributed by atoms with Gasteiger partial charge in [0.1, 0.15) is 12.1 Å². The molecule has 2 rings (SSSR count). The summed E-state index contributed by atoms with van der Waals surface area (Å²) in [6.07, 6.45) is 1.48. The number of imidazole rings is 1. The highest BCUT2D eigenvalue weighted by Crippen LogP contribution is 2.15. The molecule has 20 heavy (non-hydrogen) atoms. The number of hydrogen-bond donors (Lipinski definition) is 1. The summed E-state index contributed by atoms with van der Waals surface area (Å²) in [5.41, 5.74) is 3.86. The summed E-state index contributed by atoms with van der Waals surface area (Å²) >= 11 is 0. The van der Waals surface area contributed by atoms with E-state index in [1.54, 1.807) is 29.8 Å². The number of nitrogens with one attached hydrogen (secondary N) is 1. The molecule has 0 bridgehead atoms. The summed E-state index contributed by atoms with van der Waals surface area (Å²) < 4.78 is 3.04. The van der Waals surface area contributed by atoms with Gasteiger partial charge in [-0.2, -0.15) is 15.6 Å². The lowest BCUT2D eigenvalue weighted by Gasteiger charge is -2.01. The van der Waals surface area contributed by atoms with Gasteiger partial charge in [-0.15, -0.1) is 0 Å². The Kier molecular flexibility index (Phi) is 3.49. The molecular formula is C12H11N7O. The molecule has 0 aromatic carbocycles. The number of pyridine rings is 1. The van der Waals surface area contributed by atoms with Gasteiger partial charge in [0.25, 0.3) is 0 Å². The van der Waals surface area contributed by atoms with E-state index >= 15 is 0 Å². The molecule has 0 saturated heterocycles. The highest BCUT2D eigenvalue weighted by Gasteiger charge is 2.11. The van der Waals surface area contributed by atoms with E-state index in [1.165, 1.54) is 10.8 Å². The van der Waals surface area contributed by atoms with Crippen molar-refractivity contribution in [1.82, 2.24) is 14.1 Å². The maximum Gasteiger partial charge on any atom is 0.330 e. The van der Waals surface area contributed by atoms with E-state index in [1.807, 2.05) is 6.92 Å². The molecule has 1 N–H and O–H groups in total. The minimum absolute atomic E-state index is 0.148. The van der Waals surface area contributed by atoms with Crippen LogP contribution in [0.15, 0.2) is 22.2 Å². The fourth-order valence-corrected chi connectivity index (χ4v) is 1.84. The summed E-state index contributed by atoms with van der Waals surface area (Å²) in [4.78, 5) is 16.1. The largest absolute Gasteiger partial charge is 0.330 e. The highest BCUT2D eigenvalue weighted by molar-refractivity contribution is 6.10. The average molecular weight is 269 g/mol. The summed E-state index contributed by atoms with van der Waals surface area (Å²) in [5, 5.41) is 20.8. The SMILES string of the molecule is CCn1c(=O)n(C)c2ncc(NN=C(C#N)C#N)cc21. The third-order valence-electron chi connectivity index (χ3n) is 2.80. The van der Waals surface area contributed by atoms with E-state index in [0.717, 1.165) is 0 Å². The van der Waals surface area contributed by atoms with Gasteiger partial charge in [-0.1, -0.05) is 0 Å². The molecule has 8 heteroatoms. The van der Waals surface area contributed by atoms with Gasteiger partial charge >= 0.3 is 5.69 Å². The lowest BCUT2D eigenvalue weighted by atomic mass is 10.4. The van der Waals surface area contributed by atoms with Crippen LogP contribution in [0.2, 0.25) is 0 Å². The molecule has 0 amide bonds. The molecule has 0 radical (unpaired) electrons. The van der Waals surface area contributed by atoms with E-state index in [0.29, 0.717) is 23.4 Å². The average Bonchev–Trinajstić information content (AvgIpc) is 2.71. The molecule has 0 aliphatic rings. The topological polar surface area (TPSA) is 112 Å². The minimum atomic E-state index is -0.286. The van der Waals surface area contributed by atoms with Crippen molar-refractivity contribution >= 4 is 22.6 Å². The molecule has 2 aromatic rings. The Bertz CT molecular complexity index is 812. The molecule has 0 saturated carbocycles. The second-order valence-corrected chi connectivity index (χ2v) is 3.95. The van der Waals surface area contributed by atoms with Crippen LogP contribution in [0.5, 0.6) is 0 Å². The second kappa shape index (κ2) is 5.24. The van der Waals surface area contributed by atoms with Crippen LogP contribution in [0.4, 0.5) is 5.69 Å². The number of nitriles is 2. The van der Waals surface area contributed by atoms with Crippen molar-refractivity contribution in [3.05, 3.63) is 22.7 Å². The Morgan fingerprint density at radius 2 is 2.20 bits per heavy atom. The number of aryl methyl sites for hydroxylation is 2. The predicted molar refractivity (Wildman–Crippen MR) is 72.9 cm³/mol. The predicted octanol–water partition coefficient (Wildman–Crippen LogP) is 0.570. The quantitative estimate of drug-likeness (QED) is 0.646. The molecule has 0 aliphatic heterocycles. The van der Waals surface area contributed by atoms with Gasteiger partial charge in [-0.05, 0) is 13.0 Å². The van der Waals surface area contributed by atoms with Gasteiger partial charge < -0.3 is 0 Å². The van der Waals surface area contributed by atoms with E-state index in [4.69, 9.17) is 10.5 Å². The molecule has 2 aromatic heterocycles. The number of nitrogens with zero attached hydrogens (tertiary/aromatic N) is 6. The zero-order chi connectivity index (χ0) is 14.7. The fourth-order valence-electron chi connectivity index (χ4n) is 1.84. The number of rotatable bonds is 3. The minimum Gasteiger partial charge on any atom is -0.291 e. The van der Waals surface area contributed by atoms with E-state index < -0.39 is 0 Å². The van der Waals surface area contributed by atoms with Gasteiger partial charge in [0.15, 0.2) is 5.65 Å². The van der Waals surface area contributed by atoms with E-state index in [2.05, 4.69) is 15.5 Å². The number of aromatic nitrogens is 3. The van der Waals surface area contributed by atoms with Crippen molar-refractivity contribution in [2.24, 2.45) is 12.1 Å². The van der Waals surface area contributed by atoms with Crippen LogP contribution in [0.1, 0.15) is 6.92 Å². The van der Waals surface area contributed by atoms with Crippen LogP contribution in [0, 0.1) is 22.7 Å². The first-order valence-electron chi connectivity index (χ1n) is 5.81. The third kappa shape index (κ3) is 2.10. The first-order chi connectivity index (χ1) is 9.62. The number of hydrazone groups is 1. The van der Waals surface area contributed by atoms with Crippen LogP contribution in [-0.4, -0.2) is 19.8 Å². The molecule has 100 valence electrons. The Morgan fingerprint density at radius 1 is 1.50 bits per heavy atom. The summed E-state index contributed by atoms with van der Waals surface area (Å²) in [6, 6.07) is 4.98. The van der Waals surface area contributed by atoms with Gasteiger partial charge in [-0.25, -0.2) is 9.78 Å². The van der Waals surface area contributed by atoms with Gasteiger partial charge in [0, 0.05) is 13.6 Å². The molecule has 8 nitrogen and oxygen atoms in total.